The molecule has 1 N–H and O–H groups in total. The van der Waals surface area contributed by atoms with Crippen molar-refractivity contribution in [2.24, 2.45) is 0 Å². The third-order valence-corrected chi connectivity index (χ3v) is 3.72. The van der Waals surface area contributed by atoms with Crippen LogP contribution in [-0.4, -0.2) is 23.1 Å². The molecule has 1 aliphatic carbocycles. The summed E-state index contributed by atoms with van der Waals surface area (Å²) in [6.45, 7) is 3.71. The van der Waals surface area contributed by atoms with Crippen molar-refractivity contribution < 1.29 is 0 Å². The molecule has 110 valence electrons. The predicted molar refractivity (Wildman–Crippen MR) is 85.2 cm³/mol. The first-order valence-electron chi connectivity index (χ1n) is 7.53. The Morgan fingerprint density at radius 1 is 1.24 bits per heavy atom. The molecule has 0 unspecified atom stereocenters. The van der Waals surface area contributed by atoms with Crippen molar-refractivity contribution in [3.63, 3.8) is 0 Å². The minimum absolute atomic E-state index is 0.736. The molecule has 0 atom stereocenters. The molecule has 0 aromatic carbocycles. The van der Waals surface area contributed by atoms with Crippen LogP contribution in [0.15, 0.2) is 36.5 Å². The maximum Gasteiger partial charge on any atom is 0.128 e. The molecule has 0 spiro atoms. The van der Waals surface area contributed by atoms with Gasteiger partial charge in [-0.15, -0.1) is 0 Å². The minimum Gasteiger partial charge on any atom is -0.354 e. The van der Waals surface area contributed by atoms with Crippen LogP contribution in [0.3, 0.4) is 0 Å². The zero-order chi connectivity index (χ0) is 14.7. The Morgan fingerprint density at radius 3 is 2.76 bits per heavy atom. The average Bonchev–Trinajstić information content (AvgIpc) is 3.30. The van der Waals surface area contributed by atoms with Crippen molar-refractivity contribution in [1.82, 2.24) is 15.3 Å². The molecular formula is C17H22N4. The number of hydrogen-bond donors (Lipinski definition) is 1. The van der Waals surface area contributed by atoms with Gasteiger partial charge < -0.3 is 10.2 Å². The molecule has 0 saturated heterocycles. The number of nitrogens with one attached hydrogen (secondary N) is 1. The van der Waals surface area contributed by atoms with Gasteiger partial charge in [0.25, 0.3) is 0 Å². The lowest BCUT2D eigenvalue weighted by atomic mass is 10.2. The smallest absolute Gasteiger partial charge is 0.128 e. The third-order valence-electron chi connectivity index (χ3n) is 3.72. The molecule has 0 bridgehead atoms. The number of hydrogen-bond acceptors (Lipinski definition) is 4. The van der Waals surface area contributed by atoms with Gasteiger partial charge >= 0.3 is 0 Å². The maximum absolute atomic E-state index is 4.55. The van der Waals surface area contributed by atoms with Crippen LogP contribution in [0.2, 0.25) is 0 Å². The molecule has 21 heavy (non-hydrogen) atoms. The van der Waals surface area contributed by atoms with Crippen molar-refractivity contribution >= 4 is 5.82 Å². The van der Waals surface area contributed by atoms with E-state index in [1.54, 1.807) is 0 Å². The van der Waals surface area contributed by atoms with Gasteiger partial charge in [0.2, 0.25) is 0 Å². The topological polar surface area (TPSA) is 41.0 Å². The molecule has 1 saturated carbocycles. The Hall–Kier alpha value is -1.94. The summed E-state index contributed by atoms with van der Waals surface area (Å²) in [5.41, 5.74) is 3.36. The van der Waals surface area contributed by atoms with Crippen LogP contribution in [0.25, 0.3) is 0 Å². The summed E-state index contributed by atoms with van der Waals surface area (Å²) in [6.07, 6.45) is 4.60. The van der Waals surface area contributed by atoms with Crippen molar-refractivity contribution in [1.29, 1.82) is 0 Å². The van der Waals surface area contributed by atoms with Crippen molar-refractivity contribution in [2.45, 2.75) is 38.9 Å². The first kappa shape index (κ1) is 14.0. The summed E-state index contributed by atoms with van der Waals surface area (Å²) < 4.78 is 0. The summed E-state index contributed by atoms with van der Waals surface area (Å²) in [6, 6.07) is 11.1. The van der Waals surface area contributed by atoms with Crippen LogP contribution >= 0.6 is 0 Å². The number of aromatic nitrogens is 2. The summed E-state index contributed by atoms with van der Waals surface area (Å²) in [5.74, 6) is 0.980. The normalized spacial score (nSPS) is 14.2. The fourth-order valence-corrected chi connectivity index (χ4v) is 2.31. The molecule has 2 heterocycles. The van der Waals surface area contributed by atoms with E-state index in [2.05, 4.69) is 45.4 Å². The van der Waals surface area contributed by atoms with E-state index in [-0.39, 0.29) is 0 Å². The van der Waals surface area contributed by atoms with E-state index in [0.29, 0.717) is 0 Å². The first-order valence-corrected chi connectivity index (χ1v) is 7.53. The van der Waals surface area contributed by atoms with Crippen LogP contribution in [0.1, 0.15) is 29.8 Å². The molecular weight excluding hydrogens is 260 g/mol. The fraction of sp³-hybridized carbons (Fsp3) is 0.412. The maximum atomic E-state index is 4.55. The van der Waals surface area contributed by atoms with Gasteiger partial charge in [-0.2, -0.15) is 0 Å². The van der Waals surface area contributed by atoms with E-state index in [1.807, 2.05) is 25.3 Å². The summed E-state index contributed by atoms with van der Waals surface area (Å²) in [5, 5.41) is 3.50. The van der Waals surface area contributed by atoms with E-state index >= 15 is 0 Å². The molecule has 1 aliphatic rings. The predicted octanol–water partition coefficient (Wildman–Crippen LogP) is 2.67. The lowest BCUT2D eigenvalue weighted by Crippen LogP contribution is -2.19. The van der Waals surface area contributed by atoms with Gasteiger partial charge in [0.1, 0.15) is 5.82 Å². The Bertz CT molecular complexity index is 590. The van der Waals surface area contributed by atoms with Gasteiger partial charge in [-0.1, -0.05) is 12.1 Å². The lowest BCUT2D eigenvalue weighted by molar-refractivity contribution is 0.685. The van der Waals surface area contributed by atoms with E-state index < -0.39 is 0 Å². The molecule has 4 heteroatoms. The van der Waals surface area contributed by atoms with Crippen LogP contribution < -0.4 is 10.2 Å². The summed E-state index contributed by atoms with van der Waals surface area (Å²) >= 11 is 0. The number of anilines is 1. The zero-order valence-electron chi connectivity index (χ0n) is 12.7. The van der Waals surface area contributed by atoms with Crippen LogP contribution in [0, 0.1) is 6.92 Å². The largest absolute Gasteiger partial charge is 0.354 e. The molecule has 2 aromatic heterocycles. The van der Waals surface area contributed by atoms with Gasteiger partial charge in [-0.25, -0.2) is 4.98 Å². The highest BCUT2D eigenvalue weighted by Gasteiger charge is 2.19. The summed E-state index contributed by atoms with van der Waals surface area (Å²) in [4.78, 5) is 11.2. The quantitative estimate of drug-likeness (QED) is 0.884. The first-order chi connectivity index (χ1) is 10.2. The van der Waals surface area contributed by atoms with Gasteiger partial charge in [0.05, 0.1) is 12.2 Å². The Kier molecular flexibility index (Phi) is 4.15. The molecule has 4 nitrogen and oxygen atoms in total. The lowest BCUT2D eigenvalue weighted by Gasteiger charge is -2.18. The average molecular weight is 282 g/mol. The number of nitrogens with zero attached hydrogens (tertiary/aromatic N) is 3. The zero-order valence-corrected chi connectivity index (χ0v) is 12.7. The molecule has 0 amide bonds. The van der Waals surface area contributed by atoms with Crippen molar-refractivity contribution in [3.8, 4) is 0 Å². The second kappa shape index (κ2) is 6.22. The number of rotatable bonds is 6. The van der Waals surface area contributed by atoms with Crippen LogP contribution in [-0.2, 0) is 13.1 Å². The van der Waals surface area contributed by atoms with Crippen LogP contribution in [0.5, 0.6) is 0 Å². The highest BCUT2D eigenvalue weighted by Crippen LogP contribution is 2.19. The molecule has 0 aliphatic heterocycles. The Labute approximate surface area is 126 Å². The van der Waals surface area contributed by atoms with E-state index in [9.17, 15) is 0 Å². The van der Waals surface area contributed by atoms with Crippen molar-refractivity contribution in [2.75, 3.05) is 11.9 Å². The minimum atomic E-state index is 0.736. The monoisotopic (exact) mass is 282 g/mol. The standard InChI is InChI=1S/C17H22N4/c1-13-4-3-5-16(20-13)12-21(2)17-9-6-14(11-19-17)10-18-15-7-8-15/h3-6,9,11,15,18H,7-8,10,12H2,1-2H3. The molecule has 3 rings (SSSR count). The number of aryl methyl sites for hydroxylation is 1. The van der Waals surface area contributed by atoms with Crippen LogP contribution in [0.4, 0.5) is 5.82 Å². The molecule has 2 aromatic rings. The van der Waals surface area contributed by atoms with Gasteiger partial charge in [-0.3, -0.25) is 4.98 Å². The number of pyridine rings is 2. The van der Waals surface area contributed by atoms with Crippen molar-refractivity contribution in [3.05, 3.63) is 53.5 Å². The highest BCUT2D eigenvalue weighted by atomic mass is 15.2. The second-order valence-electron chi connectivity index (χ2n) is 5.81. The SMILES string of the molecule is Cc1cccc(CN(C)c2ccc(CNC3CC3)cn2)n1. The molecule has 0 radical (unpaired) electrons. The van der Waals surface area contributed by atoms with Gasteiger partial charge in [0.15, 0.2) is 0 Å². The fourth-order valence-electron chi connectivity index (χ4n) is 2.31. The Balaban J connectivity index is 1.59. The third kappa shape index (κ3) is 4.02. The van der Waals surface area contributed by atoms with E-state index in [4.69, 9.17) is 0 Å². The van der Waals surface area contributed by atoms with Gasteiger partial charge in [0, 0.05) is 31.5 Å². The second-order valence-corrected chi connectivity index (χ2v) is 5.81. The van der Waals surface area contributed by atoms with Gasteiger partial charge in [-0.05, 0) is 43.5 Å². The highest BCUT2D eigenvalue weighted by molar-refractivity contribution is 5.38. The Morgan fingerprint density at radius 2 is 2.10 bits per heavy atom. The van der Waals surface area contributed by atoms with E-state index in [0.717, 1.165) is 36.3 Å². The molecule has 1 fully saturated rings. The summed E-state index contributed by atoms with van der Waals surface area (Å²) in [7, 11) is 2.05. The van der Waals surface area contributed by atoms with E-state index in [1.165, 1.54) is 18.4 Å².